The van der Waals surface area contributed by atoms with Crippen LogP contribution in [0.2, 0.25) is 0 Å². The van der Waals surface area contributed by atoms with Gasteiger partial charge < -0.3 is 9.55 Å². The Balaban J connectivity index is 0.000000471. The van der Waals surface area contributed by atoms with Crippen molar-refractivity contribution in [2.45, 2.75) is 46.1 Å². The van der Waals surface area contributed by atoms with Crippen LogP contribution in [0.1, 0.15) is 45.4 Å². The van der Waals surface area contributed by atoms with E-state index in [2.05, 4.69) is 65.6 Å². The molecule has 1 fully saturated rings. The second-order valence-corrected chi connectivity index (χ2v) is 11.2. The second-order valence-electron chi connectivity index (χ2n) is 9.69. The molecule has 0 amide bonds. The maximum absolute atomic E-state index is 9.19. The average Bonchev–Trinajstić information content (AvgIpc) is 3.36. The first-order chi connectivity index (χ1) is 15.5. The molecule has 0 bridgehead atoms. The van der Waals surface area contributed by atoms with E-state index in [1.165, 1.54) is 12.8 Å². The van der Waals surface area contributed by atoms with Crippen LogP contribution in [-0.4, -0.2) is 43.7 Å². The van der Waals surface area contributed by atoms with Gasteiger partial charge in [0.15, 0.2) is 5.65 Å². The quantitative estimate of drug-likeness (QED) is 0.412. The summed E-state index contributed by atoms with van der Waals surface area (Å²) in [5.41, 5.74) is 6.03. The molecule has 1 saturated carbocycles. The minimum Gasteiger partial charge on any atom is -0.340 e. The van der Waals surface area contributed by atoms with Crippen LogP contribution in [0, 0.1) is 5.41 Å². The Bertz CT molecular complexity index is 1360. The highest BCUT2D eigenvalue weighted by molar-refractivity contribution is 7.85. The van der Waals surface area contributed by atoms with E-state index in [1.807, 2.05) is 18.5 Å². The molecule has 1 aliphatic carbocycles. The Morgan fingerprint density at radius 3 is 2.36 bits per heavy atom. The number of aromatic amines is 1. The molecule has 0 unspecified atom stereocenters. The molecule has 3 heterocycles. The number of nitrogens with one attached hydrogen (secondary N) is 1. The fraction of sp³-hybridized carbons (Fsp3) is 0.375. The van der Waals surface area contributed by atoms with Gasteiger partial charge in [-0.1, -0.05) is 51.1 Å². The van der Waals surface area contributed by atoms with Crippen molar-refractivity contribution in [1.82, 2.24) is 24.5 Å². The number of fused-ring (bicyclic) bond motifs is 1. The van der Waals surface area contributed by atoms with Gasteiger partial charge in [0.25, 0.3) is 10.1 Å². The predicted octanol–water partition coefficient (Wildman–Crippen LogP) is 4.92. The van der Waals surface area contributed by atoms with Gasteiger partial charge >= 0.3 is 0 Å². The van der Waals surface area contributed by atoms with Crippen LogP contribution in [0.25, 0.3) is 33.8 Å². The minimum atomic E-state index is -3.67. The molecule has 0 radical (unpaired) electrons. The summed E-state index contributed by atoms with van der Waals surface area (Å²) in [6.07, 6.45) is 5.04. The van der Waals surface area contributed by atoms with E-state index in [0.717, 1.165) is 46.2 Å². The molecular formula is C24H29N5O3S. The third-order valence-electron chi connectivity index (χ3n) is 5.10. The van der Waals surface area contributed by atoms with Gasteiger partial charge in [-0.3, -0.25) is 4.55 Å². The first-order valence-corrected chi connectivity index (χ1v) is 12.7. The van der Waals surface area contributed by atoms with Crippen LogP contribution in [0.3, 0.4) is 0 Å². The van der Waals surface area contributed by atoms with Gasteiger partial charge in [-0.15, -0.1) is 0 Å². The maximum Gasteiger partial charge on any atom is 0.261 e. The molecule has 3 aromatic heterocycles. The van der Waals surface area contributed by atoms with Crippen molar-refractivity contribution in [2.24, 2.45) is 5.41 Å². The smallest absolute Gasteiger partial charge is 0.261 e. The topological polar surface area (TPSA) is 114 Å². The molecule has 9 heteroatoms. The molecule has 4 aromatic rings. The van der Waals surface area contributed by atoms with Crippen LogP contribution in [0.5, 0.6) is 0 Å². The van der Waals surface area contributed by atoms with Crippen molar-refractivity contribution in [3.05, 3.63) is 54.6 Å². The molecule has 0 saturated heterocycles. The SMILES string of the molecule is CC(C)(C)Cn1cnc2ccc(-c3[nH]c(C4CC4)nc3-c3ccccc3)nc21.CS(=O)(=O)O. The van der Waals surface area contributed by atoms with Gasteiger partial charge in [-0.05, 0) is 30.4 Å². The number of H-pyrrole nitrogens is 1. The number of aromatic nitrogens is 5. The maximum atomic E-state index is 9.19. The highest BCUT2D eigenvalue weighted by atomic mass is 32.2. The summed E-state index contributed by atoms with van der Waals surface area (Å²) >= 11 is 0. The van der Waals surface area contributed by atoms with Crippen molar-refractivity contribution >= 4 is 21.3 Å². The summed E-state index contributed by atoms with van der Waals surface area (Å²) in [5, 5.41) is 0. The number of imidazole rings is 2. The molecule has 2 N–H and O–H groups in total. The van der Waals surface area contributed by atoms with Gasteiger partial charge in [0, 0.05) is 18.0 Å². The molecule has 5 rings (SSSR count). The van der Waals surface area contributed by atoms with Crippen LogP contribution in [-0.2, 0) is 16.7 Å². The van der Waals surface area contributed by atoms with E-state index >= 15 is 0 Å². The summed E-state index contributed by atoms with van der Waals surface area (Å²) in [4.78, 5) is 18.1. The first-order valence-electron chi connectivity index (χ1n) is 10.9. The largest absolute Gasteiger partial charge is 0.340 e. The van der Waals surface area contributed by atoms with Gasteiger partial charge in [0.05, 0.1) is 29.7 Å². The predicted molar refractivity (Wildman–Crippen MR) is 129 cm³/mol. The number of hydrogen-bond donors (Lipinski definition) is 2. The zero-order valence-electron chi connectivity index (χ0n) is 19.3. The Labute approximate surface area is 193 Å². The van der Waals surface area contributed by atoms with Gasteiger partial charge in [0.1, 0.15) is 11.3 Å². The van der Waals surface area contributed by atoms with E-state index in [-0.39, 0.29) is 5.41 Å². The highest BCUT2D eigenvalue weighted by Gasteiger charge is 2.29. The molecule has 1 aromatic carbocycles. The molecular weight excluding hydrogens is 438 g/mol. The second kappa shape index (κ2) is 8.72. The number of hydrogen-bond acceptors (Lipinski definition) is 5. The standard InChI is InChI=1S/C23H25N5.CH4O3S/c1-23(2,3)13-28-14-24-18-12-11-17(25-22(18)28)20-19(15-7-5-4-6-8-15)26-21(27-20)16-9-10-16;1-5(2,3)4/h4-8,11-12,14,16H,9-10,13H2,1-3H3,(H,26,27);1H3,(H,2,3,4). The summed E-state index contributed by atoms with van der Waals surface area (Å²) in [6, 6.07) is 14.5. The monoisotopic (exact) mass is 467 g/mol. The fourth-order valence-electron chi connectivity index (χ4n) is 3.64. The average molecular weight is 468 g/mol. The molecule has 33 heavy (non-hydrogen) atoms. The number of nitrogens with zero attached hydrogens (tertiary/aromatic N) is 4. The van der Waals surface area contributed by atoms with Crippen LogP contribution < -0.4 is 0 Å². The lowest BCUT2D eigenvalue weighted by Crippen LogP contribution is -2.15. The highest BCUT2D eigenvalue weighted by Crippen LogP contribution is 2.41. The Morgan fingerprint density at radius 2 is 1.76 bits per heavy atom. The van der Waals surface area contributed by atoms with Crippen LogP contribution in [0.4, 0.5) is 0 Å². The normalized spacial score (nSPS) is 14.2. The van der Waals surface area contributed by atoms with E-state index in [4.69, 9.17) is 14.5 Å². The summed E-state index contributed by atoms with van der Waals surface area (Å²) in [6.45, 7) is 7.56. The van der Waals surface area contributed by atoms with Crippen molar-refractivity contribution in [2.75, 3.05) is 6.26 Å². The minimum absolute atomic E-state index is 0.160. The number of benzene rings is 1. The molecule has 0 aliphatic heterocycles. The summed E-state index contributed by atoms with van der Waals surface area (Å²) in [7, 11) is -3.67. The first kappa shape index (κ1) is 23.1. The van der Waals surface area contributed by atoms with Crippen molar-refractivity contribution in [1.29, 1.82) is 0 Å². The fourth-order valence-corrected chi connectivity index (χ4v) is 3.64. The third kappa shape index (κ3) is 6.06. The lowest BCUT2D eigenvalue weighted by molar-refractivity contribution is 0.347. The molecule has 0 atom stereocenters. The lowest BCUT2D eigenvalue weighted by atomic mass is 9.97. The molecule has 8 nitrogen and oxygen atoms in total. The van der Waals surface area contributed by atoms with E-state index in [9.17, 15) is 8.42 Å². The Morgan fingerprint density at radius 1 is 1.09 bits per heavy atom. The van der Waals surface area contributed by atoms with Gasteiger partial charge in [-0.25, -0.2) is 15.0 Å². The summed E-state index contributed by atoms with van der Waals surface area (Å²) < 4.78 is 28.0. The van der Waals surface area contributed by atoms with Gasteiger partial charge in [0.2, 0.25) is 0 Å². The Kier molecular flexibility index (Phi) is 6.11. The van der Waals surface area contributed by atoms with Crippen LogP contribution >= 0.6 is 0 Å². The van der Waals surface area contributed by atoms with E-state index < -0.39 is 10.1 Å². The molecule has 174 valence electrons. The molecule has 0 spiro atoms. The number of pyridine rings is 1. The number of rotatable bonds is 4. The van der Waals surface area contributed by atoms with Crippen LogP contribution in [0.15, 0.2) is 48.8 Å². The third-order valence-corrected chi connectivity index (χ3v) is 5.10. The Hall–Kier alpha value is -3.04. The van der Waals surface area contributed by atoms with Crippen molar-refractivity contribution in [3.8, 4) is 22.6 Å². The lowest BCUT2D eigenvalue weighted by Gasteiger charge is -2.18. The summed E-state index contributed by atoms with van der Waals surface area (Å²) in [5.74, 6) is 1.64. The zero-order chi connectivity index (χ0) is 23.8. The van der Waals surface area contributed by atoms with Crippen molar-refractivity contribution in [3.63, 3.8) is 0 Å². The molecule has 1 aliphatic rings. The van der Waals surface area contributed by atoms with Gasteiger partial charge in [-0.2, -0.15) is 8.42 Å². The zero-order valence-corrected chi connectivity index (χ0v) is 20.1. The van der Waals surface area contributed by atoms with E-state index in [1.54, 1.807) is 0 Å². The van der Waals surface area contributed by atoms with Crippen molar-refractivity contribution < 1.29 is 13.0 Å². The van der Waals surface area contributed by atoms with E-state index in [0.29, 0.717) is 12.2 Å².